The van der Waals surface area contributed by atoms with Gasteiger partial charge >= 0.3 is 0 Å². The Balaban J connectivity index is 0.849. The van der Waals surface area contributed by atoms with Gasteiger partial charge in [-0.1, -0.05) is 52.2 Å². The highest BCUT2D eigenvalue weighted by molar-refractivity contribution is 7.61. The van der Waals surface area contributed by atoms with Crippen molar-refractivity contribution in [1.82, 2.24) is 0 Å². The molecule has 2 aromatic rings. The van der Waals surface area contributed by atoms with Gasteiger partial charge in [0.15, 0.2) is 0 Å². The lowest BCUT2D eigenvalue weighted by atomic mass is 9.64. The van der Waals surface area contributed by atoms with Crippen molar-refractivity contribution in [3.8, 4) is 0 Å². The molecule has 6 nitrogen and oxygen atoms in total. The Morgan fingerprint density at radius 1 is 0.389 bits per heavy atom. The minimum absolute atomic E-state index is 0.193. The van der Waals surface area contributed by atoms with Gasteiger partial charge in [0.05, 0.1) is 48.8 Å². The molecule has 22 unspecified atom stereocenters. The highest BCUT2D eigenvalue weighted by atomic mass is 31.1. The van der Waals surface area contributed by atoms with Gasteiger partial charge in [-0.15, -0.1) is 0 Å². The number of anilines is 2. The van der Waals surface area contributed by atoms with Gasteiger partial charge in [0.2, 0.25) is 0 Å². The Morgan fingerprint density at radius 2 is 0.741 bits per heavy atom. The van der Waals surface area contributed by atoms with E-state index in [1.165, 1.54) is 101 Å². The molecule has 22 atom stereocenters. The van der Waals surface area contributed by atoms with Gasteiger partial charge < -0.3 is 28.7 Å². The summed E-state index contributed by atoms with van der Waals surface area (Å²) in [5, 5.41) is 0. The smallest absolute Gasteiger partial charge is 0.0704 e. The molecule has 6 aliphatic heterocycles. The molecule has 0 radical (unpaired) electrons. The molecule has 6 heterocycles. The van der Waals surface area contributed by atoms with E-state index in [0.29, 0.717) is 119 Å². The van der Waals surface area contributed by atoms with E-state index in [0.717, 1.165) is 0 Å². The number of hydrogen-bond donors (Lipinski definition) is 0. The molecular formula is C46H58N2O4P2. The van der Waals surface area contributed by atoms with E-state index in [9.17, 15) is 0 Å². The molecule has 54 heavy (non-hydrogen) atoms. The Morgan fingerprint density at radius 3 is 1.11 bits per heavy atom. The van der Waals surface area contributed by atoms with Crippen molar-refractivity contribution in [3.05, 3.63) is 60.7 Å². The second-order valence-electron chi connectivity index (χ2n) is 19.8. The number of fused-ring (bicyclic) bond motifs is 3. The fourth-order valence-electron chi connectivity index (χ4n) is 16.6. The molecule has 12 aliphatic rings. The Hall–Kier alpha value is -1.26. The number of ether oxygens (including phenoxy) is 4. The minimum Gasteiger partial charge on any atom is -0.373 e. The van der Waals surface area contributed by atoms with Crippen LogP contribution in [0.3, 0.4) is 0 Å². The first-order chi connectivity index (χ1) is 26.8. The average Bonchev–Trinajstić information content (AvgIpc) is 3.22. The van der Waals surface area contributed by atoms with Crippen LogP contribution in [0.5, 0.6) is 0 Å². The van der Waals surface area contributed by atoms with Gasteiger partial charge in [-0.05, 0) is 126 Å². The molecule has 0 bridgehead atoms. The summed E-state index contributed by atoms with van der Waals surface area (Å²) in [7, 11) is -0.387. The standard InChI is InChI=1S/C46H58N2O4P2/c1-3-11-25(12-4-1)47-29-15-7-19-33-41(29)53-43-31(47)17-9-21-35(43)51-39-27-24-38-46-40(28(27)23-37(49-33)45(39)53)52-36-22-10-18-32-44(36)54(46)42-30(16-8-20-34(42)50-38)48(32)26-13-5-2-6-14-26/h1-6,11-14,27-46H,7-10,15-24H2. The summed E-state index contributed by atoms with van der Waals surface area (Å²) in [6.45, 7) is 0. The first-order valence-electron chi connectivity index (χ1n) is 22.6. The lowest BCUT2D eigenvalue weighted by Gasteiger charge is -2.73. The van der Waals surface area contributed by atoms with E-state index < -0.39 is 0 Å². The van der Waals surface area contributed by atoms with Crippen LogP contribution in [0.2, 0.25) is 0 Å². The molecule has 0 spiro atoms. The van der Waals surface area contributed by atoms with E-state index in [1.54, 1.807) is 0 Å². The van der Waals surface area contributed by atoms with E-state index in [-0.39, 0.29) is 15.8 Å². The predicted molar refractivity (Wildman–Crippen MR) is 216 cm³/mol. The highest BCUT2D eigenvalue weighted by Gasteiger charge is 2.72. The van der Waals surface area contributed by atoms with Crippen molar-refractivity contribution in [2.75, 3.05) is 9.80 Å². The molecule has 6 aliphatic carbocycles. The molecule has 0 aromatic heterocycles. The third kappa shape index (κ3) is 4.31. The fourth-order valence-corrected chi connectivity index (χ4v) is 26.5. The number of hydrogen-bond acceptors (Lipinski definition) is 6. The van der Waals surface area contributed by atoms with Gasteiger partial charge in [0, 0.05) is 69.5 Å². The largest absolute Gasteiger partial charge is 0.373 e. The molecule has 0 N–H and O–H groups in total. The Labute approximate surface area is 324 Å². The highest BCUT2D eigenvalue weighted by Crippen LogP contribution is 2.76. The number of para-hydroxylation sites is 2. The van der Waals surface area contributed by atoms with Crippen LogP contribution in [0.4, 0.5) is 11.4 Å². The van der Waals surface area contributed by atoms with E-state index >= 15 is 0 Å². The summed E-state index contributed by atoms with van der Waals surface area (Å²) >= 11 is 0. The zero-order chi connectivity index (χ0) is 34.8. The van der Waals surface area contributed by atoms with Crippen LogP contribution in [0.1, 0.15) is 89.9 Å². The van der Waals surface area contributed by atoms with Gasteiger partial charge in [-0.2, -0.15) is 0 Å². The minimum atomic E-state index is -0.193. The van der Waals surface area contributed by atoms with Crippen LogP contribution in [-0.4, -0.2) is 107 Å². The molecular weight excluding hydrogens is 706 g/mol. The normalized spacial score (nSPS) is 55.5. The van der Waals surface area contributed by atoms with Crippen molar-refractivity contribution in [2.24, 2.45) is 11.8 Å². The van der Waals surface area contributed by atoms with Gasteiger partial charge in [0.1, 0.15) is 0 Å². The molecule has 12 fully saturated rings. The topological polar surface area (TPSA) is 43.4 Å². The third-order valence-corrected chi connectivity index (χ3v) is 25.9. The van der Waals surface area contributed by atoms with Crippen LogP contribution in [0.15, 0.2) is 60.7 Å². The molecule has 6 saturated carbocycles. The SMILES string of the molecule is c1ccc(N2C3CCCC4OC5CC6C(CC7OC8CCCC9C8P8C7C6OC6CCCC(C68)N9c6ccccc6)C6OC7CCCC2C7P(C56)C43)cc1. The third-order valence-electron chi connectivity index (χ3n) is 17.9. The molecule has 6 saturated heterocycles. The van der Waals surface area contributed by atoms with Crippen molar-refractivity contribution in [3.63, 3.8) is 0 Å². The monoisotopic (exact) mass is 764 g/mol. The maximum atomic E-state index is 7.77. The van der Waals surface area contributed by atoms with Crippen LogP contribution in [-0.2, 0) is 18.9 Å². The maximum Gasteiger partial charge on any atom is 0.0704 e. The van der Waals surface area contributed by atoms with Crippen LogP contribution >= 0.6 is 15.8 Å². The first-order valence-corrected chi connectivity index (χ1v) is 25.7. The zero-order valence-corrected chi connectivity index (χ0v) is 33.4. The number of benzene rings is 2. The summed E-state index contributed by atoms with van der Waals surface area (Å²) in [6.07, 6.45) is 21.2. The average molecular weight is 765 g/mol. The summed E-state index contributed by atoms with van der Waals surface area (Å²) < 4.78 is 30.8. The number of nitrogens with zero attached hydrogens (tertiary/aromatic N) is 2. The van der Waals surface area contributed by atoms with Crippen LogP contribution < -0.4 is 9.80 Å². The summed E-state index contributed by atoms with van der Waals surface area (Å²) in [6, 6.07) is 25.6. The first kappa shape index (κ1) is 32.7. The van der Waals surface area contributed by atoms with Gasteiger partial charge in [0.25, 0.3) is 0 Å². The maximum absolute atomic E-state index is 7.77. The Bertz CT molecular complexity index is 1620. The van der Waals surface area contributed by atoms with Crippen molar-refractivity contribution < 1.29 is 18.9 Å². The molecule has 0 amide bonds. The lowest BCUT2D eigenvalue weighted by molar-refractivity contribution is -0.218. The molecule has 8 heteroatoms. The quantitative estimate of drug-likeness (QED) is 0.286. The van der Waals surface area contributed by atoms with Crippen LogP contribution in [0, 0.1) is 11.8 Å². The lowest BCUT2D eigenvalue weighted by Crippen LogP contribution is -2.77. The van der Waals surface area contributed by atoms with Crippen molar-refractivity contribution in [1.29, 1.82) is 0 Å². The van der Waals surface area contributed by atoms with E-state index in [1.807, 2.05) is 0 Å². The van der Waals surface area contributed by atoms with E-state index in [4.69, 9.17) is 18.9 Å². The summed E-state index contributed by atoms with van der Waals surface area (Å²) in [4.78, 5) is 5.91. The van der Waals surface area contributed by atoms with Crippen LogP contribution in [0.25, 0.3) is 0 Å². The predicted octanol–water partition coefficient (Wildman–Crippen LogP) is 8.52. The number of rotatable bonds is 2. The van der Waals surface area contributed by atoms with Gasteiger partial charge in [-0.25, -0.2) is 0 Å². The zero-order valence-electron chi connectivity index (χ0n) is 31.6. The van der Waals surface area contributed by atoms with Gasteiger partial charge in [-0.3, -0.25) is 0 Å². The molecule has 286 valence electrons. The summed E-state index contributed by atoms with van der Waals surface area (Å²) in [5.41, 5.74) is 6.92. The van der Waals surface area contributed by atoms with E-state index in [2.05, 4.69) is 70.5 Å². The molecule has 2 aromatic carbocycles. The fraction of sp³-hybridized carbons (Fsp3) is 0.739. The Kier molecular flexibility index (Phi) is 7.35. The van der Waals surface area contributed by atoms with Crippen molar-refractivity contribution >= 4 is 27.2 Å². The second kappa shape index (κ2) is 12.1. The van der Waals surface area contributed by atoms with Crippen molar-refractivity contribution in [2.45, 2.75) is 197 Å². The molecule has 14 rings (SSSR count). The second-order valence-corrected chi connectivity index (χ2v) is 25.2. The summed E-state index contributed by atoms with van der Waals surface area (Å²) in [5.74, 6) is 1.12.